The van der Waals surface area contributed by atoms with Crippen LogP contribution in [0.3, 0.4) is 0 Å². The van der Waals surface area contributed by atoms with Crippen LogP contribution in [-0.2, 0) is 28.6 Å². The van der Waals surface area contributed by atoms with Gasteiger partial charge in [-0.15, -0.1) is 0 Å². The summed E-state index contributed by atoms with van der Waals surface area (Å²) in [5.74, 6) is -0.840. The molecule has 0 aliphatic carbocycles. The largest absolute Gasteiger partial charge is 0.462 e. The molecular weight excluding hydrogens is 949 g/mol. The number of ether oxygens (including phenoxy) is 3. The lowest BCUT2D eigenvalue weighted by Crippen LogP contribution is -2.30. The first-order valence-corrected chi connectivity index (χ1v) is 35.2. The molecule has 0 aromatic rings. The van der Waals surface area contributed by atoms with Crippen molar-refractivity contribution in [3.8, 4) is 0 Å². The molecule has 0 rings (SSSR count). The van der Waals surface area contributed by atoms with E-state index in [4.69, 9.17) is 14.2 Å². The van der Waals surface area contributed by atoms with E-state index in [2.05, 4.69) is 32.9 Å². The Morgan fingerprint density at radius 3 is 0.662 bits per heavy atom. The van der Waals surface area contributed by atoms with E-state index in [-0.39, 0.29) is 31.1 Å². The van der Waals surface area contributed by atoms with Crippen LogP contribution in [0.5, 0.6) is 0 Å². The van der Waals surface area contributed by atoms with Gasteiger partial charge < -0.3 is 14.2 Å². The first-order valence-electron chi connectivity index (χ1n) is 35.2. The Kier molecular flexibility index (Phi) is 65.1. The van der Waals surface area contributed by atoms with Gasteiger partial charge in [-0.05, 0) is 44.9 Å². The van der Waals surface area contributed by atoms with Gasteiger partial charge in [-0.3, -0.25) is 14.4 Å². The minimum absolute atomic E-state index is 0.0657. The Labute approximate surface area is 481 Å². The number of carbonyl (C=O) groups is 3. The normalized spacial score (nSPS) is 12.0. The van der Waals surface area contributed by atoms with E-state index in [0.29, 0.717) is 19.3 Å². The van der Waals surface area contributed by atoms with E-state index in [1.165, 1.54) is 302 Å². The van der Waals surface area contributed by atoms with Crippen molar-refractivity contribution >= 4 is 17.9 Å². The van der Waals surface area contributed by atoms with Gasteiger partial charge in [0.05, 0.1) is 0 Å². The number of rotatable bonds is 66. The van der Waals surface area contributed by atoms with Crippen LogP contribution < -0.4 is 0 Å². The summed E-state index contributed by atoms with van der Waals surface area (Å²) in [7, 11) is 0. The summed E-state index contributed by atoms with van der Waals surface area (Å²) in [6.07, 6.45) is 79.6. The van der Waals surface area contributed by atoms with E-state index < -0.39 is 6.10 Å². The maximum Gasteiger partial charge on any atom is 0.306 e. The molecule has 0 saturated carbocycles. The topological polar surface area (TPSA) is 78.9 Å². The molecular formula is C71H136O6. The molecule has 0 fully saturated rings. The van der Waals surface area contributed by atoms with Crippen LogP contribution in [0.2, 0.25) is 0 Å². The molecule has 0 aliphatic rings. The summed E-state index contributed by atoms with van der Waals surface area (Å²) in [6, 6.07) is 0. The molecule has 0 amide bonds. The number of unbranched alkanes of at least 4 members (excludes halogenated alkanes) is 53. The maximum atomic E-state index is 12.9. The van der Waals surface area contributed by atoms with Crippen molar-refractivity contribution in [3.63, 3.8) is 0 Å². The van der Waals surface area contributed by atoms with Gasteiger partial charge in [0.2, 0.25) is 0 Å². The van der Waals surface area contributed by atoms with Crippen LogP contribution in [0, 0.1) is 0 Å². The molecule has 0 radical (unpaired) electrons. The molecule has 456 valence electrons. The van der Waals surface area contributed by atoms with Gasteiger partial charge in [0, 0.05) is 19.3 Å². The van der Waals surface area contributed by atoms with E-state index in [1.54, 1.807) is 0 Å². The molecule has 0 aromatic carbocycles. The third-order valence-corrected chi connectivity index (χ3v) is 16.3. The first kappa shape index (κ1) is 75.2. The Bertz CT molecular complexity index is 1200. The predicted octanol–water partition coefficient (Wildman–Crippen LogP) is 24.0. The smallest absolute Gasteiger partial charge is 0.306 e. The fraction of sp³-hybridized carbons (Fsp3) is 0.930. The monoisotopic (exact) mass is 1090 g/mol. The molecule has 0 spiro atoms. The summed E-state index contributed by atoms with van der Waals surface area (Å²) in [6.45, 7) is 6.71. The Morgan fingerprint density at radius 1 is 0.247 bits per heavy atom. The highest BCUT2D eigenvalue weighted by atomic mass is 16.6. The van der Waals surface area contributed by atoms with Crippen molar-refractivity contribution in [2.24, 2.45) is 0 Å². The summed E-state index contributed by atoms with van der Waals surface area (Å²) in [5.41, 5.74) is 0. The Morgan fingerprint density at radius 2 is 0.429 bits per heavy atom. The van der Waals surface area contributed by atoms with Crippen molar-refractivity contribution in [2.45, 2.75) is 412 Å². The molecule has 6 heteroatoms. The van der Waals surface area contributed by atoms with Crippen molar-refractivity contribution in [3.05, 3.63) is 12.2 Å². The van der Waals surface area contributed by atoms with Crippen LogP contribution >= 0.6 is 0 Å². The van der Waals surface area contributed by atoms with E-state index >= 15 is 0 Å². The third-order valence-electron chi connectivity index (χ3n) is 16.3. The molecule has 1 unspecified atom stereocenters. The van der Waals surface area contributed by atoms with Crippen LogP contribution in [0.15, 0.2) is 12.2 Å². The zero-order valence-corrected chi connectivity index (χ0v) is 52.5. The van der Waals surface area contributed by atoms with Crippen LogP contribution in [0.25, 0.3) is 0 Å². The van der Waals surface area contributed by atoms with E-state index in [1.807, 2.05) is 0 Å². The highest BCUT2D eigenvalue weighted by molar-refractivity contribution is 5.71. The van der Waals surface area contributed by atoms with Crippen molar-refractivity contribution in [1.29, 1.82) is 0 Å². The number of hydrogen-bond donors (Lipinski definition) is 0. The molecule has 6 nitrogen and oxygen atoms in total. The number of carbonyl (C=O) groups excluding carboxylic acids is 3. The van der Waals surface area contributed by atoms with Crippen LogP contribution in [0.4, 0.5) is 0 Å². The van der Waals surface area contributed by atoms with Gasteiger partial charge in [-0.2, -0.15) is 0 Å². The Balaban J connectivity index is 4.19. The fourth-order valence-corrected chi connectivity index (χ4v) is 11.0. The highest BCUT2D eigenvalue weighted by Gasteiger charge is 2.19. The standard InChI is InChI=1S/C71H136O6/c1-4-7-10-13-16-19-22-25-27-29-31-33-34-35-36-37-38-40-41-43-46-49-52-55-58-61-64-70(73)76-67-68(66-75-69(72)63-60-57-54-51-48-45-24-21-18-15-12-9-6-3)77-71(74)65-62-59-56-53-50-47-44-42-39-32-30-28-26-23-20-17-14-11-8-5-2/h21,24,68H,4-20,22-23,25-67H2,1-3H3/b24-21-. The van der Waals surface area contributed by atoms with Gasteiger partial charge in [0.15, 0.2) is 6.10 Å². The van der Waals surface area contributed by atoms with E-state index in [9.17, 15) is 14.4 Å². The van der Waals surface area contributed by atoms with Gasteiger partial charge >= 0.3 is 17.9 Å². The number of allylic oxidation sites excluding steroid dienone is 2. The summed E-state index contributed by atoms with van der Waals surface area (Å²) in [5, 5.41) is 0. The lowest BCUT2D eigenvalue weighted by atomic mass is 10.0. The minimum atomic E-state index is -0.769. The van der Waals surface area contributed by atoms with Crippen molar-refractivity contribution in [2.75, 3.05) is 13.2 Å². The van der Waals surface area contributed by atoms with Crippen LogP contribution in [-0.4, -0.2) is 37.2 Å². The first-order chi connectivity index (χ1) is 38.0. The lowest BCUT2D eigenvalue weighted by molar-refractivity contribution is -0.167. The predicted molar refractivity (Wildman–Crippen MR) is 335 cm³/mol. The lowest BCUT2D eigenvalue weighted by Gasteiger charge is -2.18. The molecule has 0 aromatic heterocycles. The second kappa shape index (κ2) is 66.7. The zero-order valence-electron chi connectivity index (χ0n) is 52.5. The van der Waals surface area contributed by atoms with Gasteiger partial charge in [-0.1, -0.05) is 354 Å². The summed E-state index contributed by atoms with van der Waals surface area (Å²) < 4.78 is 17.0. The highest BCUT2D eigenvalue weighted by Crippen LogP contribution is 2.19. The minimum Gasteiger partial charge on any atom is -0.462 e. The molecule has 0 heterocycles. The molecule has 0 bridgehead atoms. The van der Waals surface area contributed by atoms with Crippen molar-refractivity contribution in [1.82, 2.24) is 0 Å². The third kappa shape index (κ3) is 64.9. The maximum absolute atomic E-state index is 12.9. The Hall–Kier alpha value is -1.85. The number of esters is 3. The summed E-state index contributed by atoms with van der Waals surface area (Å²) >= 11 is 0. The van der Waals surface area contributed by atoms with Crippen LogP contribution in [0.1, 0.15) is 406 Å². The fourth-order valence-electron chi connectivity index (χ4n) is 11.0. The molecule has 0 N–H and O–H groups in total. The van der Waals surface area contributed by atoms with Gasteiger partial charge in [0.25, 0.3) is 0 Å². The molecule has 77 heavy (non-hydrogen) atoms. The van der Waals surface area contributed by atoms with E-state index in [0.717, 1.165) is 64.2 Å². The van der Waals surface area contributed by atoms with Crippen molar-refractivity contribution < 1.29 is 28.6 Å². The van der Waals surface area contributed by atoms with Gasteiger partial charge in [-0.25, -0.2) is 0 Å². The van der Waals surface area contributed by atoms with Gasteiger partial charge in [0.1, 0.15) is 13.2 Å². The quantitative estimate of drug-likeness (QED) is 0.0261. The molecule has 1 atom stereocenters. The zero-order chi connectivity index (χ0) is 55.7. The SMILES string of the molecule is CCCCCC/C=C\CCCCCCCC(=O)OCC(COC(=O)CCCCCCCCCCCCCCCCCCCCCCCCCCCC)OC(=O)CCCCCCCCCCCCCCCCCCCCCC. The second-order valence-corrected chi connectivity index (χ2v) is 24.2. The average molecular weight is 1090 g/mol. The second-order valence-electron chi connectivity index (χ2n) is 24.2. The average Bonchev–Trinajstić information content (AvgIpc) is 3.43. The molecule has 0 aliphatic heterocycles. The summed E-state index contributed by atoms with van der Waals surface area (Å²) in [4.78, 5) is 38.4. The number of hydrogen-bond acceptors (Lipinski definition) is 6. The molecule has 0 saturated heterocycles.